The Labute approximate surface area is 133 Å². The van der Waals surface area contributed by atoms with Gasteiger partial charge in [0.25, 0.3) is 5.91 Å². The van der Waals surface area contributed by atoms with E-state index in [-0.39, 0.29) is 12.5 Å². The first-order valence-corrected chi connectivity index (χ1v) is 8.89. The lowest BCUT2D eigenvalue weighted by Crippen LogP contribution is -2.39. The normalized spacial score (nSPS) is 14.6. The van der Waals surface area contributed by atoms with Crippen LogP contribution in [0.15, 0.2) is 24.4 Å². The van der Waals surface area contributed by atoms with Crippen molar-refractivity contribution in [3.05, 3.63) is 41.7 Å². The number of nitrogens with one attached hydrogen (secondary N) is 1. The molecule has 2 aromatic heterocycles. The van der Waals surface area contributed by atoms with Gasteiger partial charge in [0.1, 0.15) is 11.5 Å². The highest BCUT2D eigenvalue weighted by molar-refractivity contribution is 7.88. The molecule has 1 N–H and O–H groups in total. The van der Waals surface area contributed by atoms with Gasteiger partial charge in [-0.2, -0.15) is 0 Å². The number of sulfonamides is 1. The molecule has 0 aromatic carbocycles. The fraction of sp³-hybridized carbons (Fsp3) is 0.385. The third kappa shape index (κ3) is 3.54. The van der Waals surface area contributed by atoms with Crippen molar-refractivity contribution in [2.24, 2.45) is 0 Å². The number of aromatic nitrogens is 4. The minimum atomic E-state index is -3.29. The van der Waals surface area contributed by atoms with Crippen LogP contribution in [0.3, 0.4) is 0 Å². The number of carbonyl (C=O) groups is 1. The summed E-state index contributed by atoms with van der Waals surface area (Å²) in [7, 11) is -3.29. The second-order valence-electron chi connectivity index (χ2n) is 5.22. The van der Waals surface area contributed by atoms with E-state index in [2.05, 4.69) is 19.9 Å². The van der Waals surface area contributed by atoms with Gasteiger partial charge < -0.3 is 9.47 Å². The van der Waals surface area contributed by atoms with Crippen LogP contribution in [0.1, 0.15) is 22.1 Å². The SMILES string of the molecule is CS(=O)(=O)NCc1nnc2n1CCN(C(=O)c1ccccn1)C2. The lowest BCUT2D eigenvalue weighted by molar-refractivity contribution is 0.0700. The number of pyridine rings is 1. The van der Waals surface area contributed by atoms with Crippen molar-refractivity contribution in [2.45, 2.75) is 19.6 Å². The number of rotatable bonds is 4. The zero-order valence-corrected chi connectivity index (χ0v) is 13.3. The van der Waals surface area contributed by atoms with Crippen LogP contribution in [0.25, 0.3) is 0 Å². The fourth-order valence-electron chi connectivity index (χ4n) is 2.37. The Morgan fingerprint density at radius 3 is 2.83 bits per heavy atom. The molecule has 0 bridgehead atoms. The number of hydrogen-bond donors (Lipinski definition) is 1. The molecule has 10 heteroatoms. The summed E-state index contributed by atoms with van der Waals surface area (Å²) in [4.78, 5) is 18.1. The molecule has 23 heavy (non-hydrogen) atoms. The monoisotopic (exact) mass is 336 g/mol. The van der Waals surface area contributed by atoms with Crippen molar-refractivity contribution in [1.29, 1.82) is 0 Å². The maximum absolute atomic E-state index is 12.4. The maximum atomic E-state index is 12.4. The third-order valence-electron chi connectivity index (χ3n) is 3.49. The Morgan fingerprint density at radius 2 is 2.13 bits per heavy atom. The molecule has 0 saturated carbocycles. The van der Waals surface area contributed by atoms with Gasteiger partial charge in [-0.15, -0.1) is 10.2 Å². The Hall–Kier alpha value is -2.33. The molecule has 3 rings (SSSR count). The van der Waals surface area contributed by atoms with Gasteiger partial charge >= 0.3 is 0 Å². The number of nitrogens with zero attached hydrogens (tertiary/aromatic N) is 5. The highest BCUT2D eigenvalue weighted by Gasteiger charge is 2.25. The lowest BCUT2D eigenvalue weighted by atomic mass is 10.2. The maximum Gasteiger partial charge on any atom is 0.272 e. The van der Waals surface area contributed by atoms with Crippen LogP contribution in [0.2, 0.25) is 0 Å². The lowest BCUT2D eigenvalue weighted by Gasteiger charge is -2.27. The fourth-order valence-corrected chi connectivity index (χ4v) is 2.76. The van der Waals surface area contributed by atoms with Gasteiger partial charge in [-0.3, -0.25) is 9.78 Å². The summed E-state index contributed by atoms with van der Waals surface area (Å²) in [6.45, 7) is 1.41. The Morgan fingerprint density at radius 1 is 1.30 bits per heavy atom. The average molecular weight is 336 g/mol. The first-order valence-electron chi connectivity index (χ1n) is 7.00. The third-order valence-corrected chi connectivity index (χ3v) is 4.16. The van der Waals surface area contributed by atoms with E-state index in [0.29, 0.717) is 37.0 Å². The summed E-state index contributed by atoms with van der Waals surface area (Å²) in [5, 5.41) is 8.05. The molecule has 0 atom stereocenters. The van der Waals surface area contributed by atoms with E-state index < -0.39 is 10.0 Å². The van der Waals surface area contributed by atoms with Gasteiger partial charge in [-0.05, 0) is 12.1 Å². The summed E-state index contributed by atoms with van der Waals surface area (Å²) in [6.07, 6.45) is 2.67. The molecule has 3 heterocycles. The molecule has 1 amide bonds. The number of hydrogen-bond acceptors (Lipinski definition) is 6. The molecule has 1 aliphatic heterocycles. The predicted octanol–water partition coefficient (Wildman–Crippen LogP) is -0.622. The van der Waals surface area contributed by atoms with Crippen molar-refractivity contribution < 1.29 is 13.2 Å². The highest BCUT2D eigenvalue weighted by atomic mass is 32.2. The van der Waals surface area contributed by atoms with Crippen LogP contribution in [0, 0.1) is 0 Å². The summed E-state index contributed by atoms with van der Waals surface area (Å²) in [6, 6.07) is 5.19. The van der Waals surface area contributed by atoms with E-state index in [9.17, 15) is 13.2 Å². The minimum absolute atomic E-state index is 0.0834. The van der Waals surface area contributed by atoms with E-state index in [4.69, 9.17) is 0 Å². The van der Waals surface area contributed by atoms with Gasteiger partial charge in [0.2, 0.25) is 10.0 Å². The number of carbonyl (C=O) groups excluding carboxylic acids is 1. The number of fused-ring (bicyclic) bond motifs is 1. The first-order chi connectivity index (χ1) is 10.9. The van der Waals surface area contributed by atoms with Crippen LogP contribution in [0.4, 0.5) is 0 Å². The molecule has 0 fully saturated rings. The van der Waals surface area contributed by atoms with E-state index in [0.717, 1.165) is 6.26 Å². The largest absolute Gasteiger partial charge is 0.328 e. The van der Waals surface area contributed by atoms with Gasteiger partial charge in [-0.25, -0.2) is 13.1 Å². The molecular weight excluding hydrogens is 320 g/mol. The van der Waals surface area contributed by atoms with Crippen LogP contribution in [-0.2, 0) is 29.7 Å². The quantitative estimate of drug-likeness (QED) is 0.797. The van der Waals surface area contributed by atoms with Gasteiger partial charge in [-0.1, -0.05) is 6.07 Å². The Kier molecular flexibility index (Phi) is 4.09. The van der Waals surface area contributed by atoms with Gasteiger partial charge in [0.05, 0.1) is 19.3 Å². The molecule has 1 aliphatic rings. The molecule has 9 nitrogen and oxygen atoms in total. The van der Waals surface area contributed by atoms with E-state index >= 15 is 0 Å². The van der Waals surface area contributed by atoms with E-state index in [1.807, 2.05) is 4.57 Å². The molecule has 0 unspecified atom stereocenters. The zero-order valence-electron chi connectivity index (χ0n) is 12.5. The molecular formula is C13H16N6O3S. The molecule has 0 spiro atoms. The summed E-state index contributed by atoms with van der Waals surface area (Å²) < 4.78 is 26.6. The summed E-state index contributed by atoms with van der Waals surface area (Å²) in [5.41, 5.74) is 0.388. The minimum Gasteiger partial charge on any atom is -0.328 e. The molecule has 122 valence electrons. The van der Waals surface area contributed by atoms with E-state index in [1.54, 1.807) is 29.3 Å². The standard InChI is InChI=1S/C13H16N6O3S/c1-23(21,22)15-8-11-16-17-12-9-18(6-7-19(11)12)13(20)10-4-2-3-5-14-10/h2-5,15H,6-9H2,1H3. The second kappa shape index (κ2) is 6.05. The number of amides is 1. The second-order valence-corrected chi connectivity index (χ2v) is 7.05. The van der Waals surface area contributed by atoms with Crippen molar-refractivity contribution in [3.63, 3.8) is 0 Å². The van der Waals surface area contributed by atoms with Crippen molar-refractivity contribution in [2.75, 3.05) is 12.8 Å². The van der Waals surface area contributed by atoms with Crippen LogP contribution < -0.4 is 4.72 Å². The zero-order chi connectivity index (χ0) is 16.4. The van der Waals surface area contributed by atoms with E-state index in [1.165, 1.54) is 0 Å². The van der Waals surface area contributed by atoms with Crippen LogP contribution in [-0.4, -0.2) is 51.8 Å². The van der Waals surface area contributed by atoms with Crippen LogP contribution >= 0.6 is 0 Å². The average Bonchev–Trinajstić information content (AvgIpc) is 2.94. The van der Waals surface area contributed by atoms with Crippen LogP contribution in [0.5, 0.6) is 0 Å². The Balaban J connectivity index is 1.73. The van der Waals surface area contributed by atoms with Crippen molar-refractivity contribution >= 4 is 15.9 Å². The van der Waals surface area contributed by atoms with Crippen molar-refractivity contribution in [1.82, 2.24) is 29.4 Å². The van der Waals surface area contributed by atoms with Gasteiger partial charge in [0.15, 0.2) is 5.82 Å². The molecule has 0 radical (unpaired) electrons. The van der Waals surface area contributed by atoms with Gasteiger partial charge in [0, 0.05) is 19.3 Å². The Bertz CT molecular complexity index is 817. The smallest absolute Gasteiger partial charge is 0.272 e. The molecule has 0 saturated heterocycles. The summed E-state index contributed by atoms with van der Waals surface area (Å²) >= 11 is 0. The van der Waals surface area contributed by atoms with Crippen molar-refractivity contribution in [3.8, 4) is 0 Å². The highest BCUT2D eigenvalue weighted by Crippen LogP contribution is 2.14. The first kappa shape index (κ1) is 15.6. The molecule has 2 aromatic rings. The topological polar surface area (TPSA) is 110 Å². The molecule has 0 aliphatic carbocycles. The summed E-state index contributed by atoms with van der Waals surface area (Å²) in [5.74, 6) is 1.01. The predicted molar refractivity (Wildman–Crippen MR) is 80.7 cm³/mol.